The third-order valence-electron chi connectivity index (χ3n) is 3.42. The molecular weight excluding hydrogens is 262 g/mol. The molecule has 0 saturated carbocycles. The fraction of sp³-hybridized carbons (Fsp3) is 0.111. The first kappa shape index (κ1) is 13.3. The van der Waals surface area contributed by atoms with Crippen LogP contribution in [0.2, 0.25) is 0 Å². The molecule has 0 unspecified atom stereocenters. The molecule has 21 heavy (non-hydrogen) atoms. The quantitative estimate of drug-likeness (QED) is 0.720. The average Bonchev–Trinajstić information content (AvgIpc) is 3.00. The Morgan fingerprint density at radius 1 is 0.810 bits per heavy atom. The van der Waals surface area contributed by atoms with Crippen molar-refractivity contribution < 1.29 is 9.47 Å². The number of benzene rings is 2. The van der Waals surface area contributed by atoms with E-state index >= 15 is 0 Å². The van der Waals surface area contributed by atoms with E-state index in [4.69, 9.17) is 9.47 Å². The minimum atomic E-state index is 0.787. The van der Waals surface area contributed by atoms with E-state index in [1.807, 2.05) is 24.4 Å². The van der Waals surface area contributed by atoms with Crippen LogP contribution in [-0.4, -0.2) is 19.2 Å². The van der Waals surface area contributed by atoms with Crippen LogP contribution < -0.4 is 9.47 Å². The third kappa shape index (κ3) is 2.92. The highest BCUT2D eigenvalue weighted by atomic mass is 16.5. The monoisotopic (exact) mass is 279 g/mol. The Balaban J connectivity index is 1.90. The molecule has 0 radical (unpaired) electrons. The maximum atomic E-state index is 5.28. The molecule has 0 aliphatic rings. The predicted octanol–water partition coefficient (Wildman–Crippen LogP) is 4.36. The van der Waals surface area contributed by atoms with Gasteiger partial charge in [-0.3, -0.25) is 0 Å². The summed E-state index contributed by atoms with van der Waals surface area (Å²) in [6.07, 6.45) is 6.09. The Hall–Kier alpha value is -2.68. The fourth-order valence-electron chi connectivity index (χ4n) is 2.29. The average molecular weight is 279 g/mol. The van der Waals surface area contributed by atoms with Gasteiger partial charge in [0.2, 0.25) is 0 Å². The molecule has 0 bridgehead atoms. The lowest BCUT2D eigenvalue weighted by atomic mass is 10.1. The fourth-order valence-corrected chi connectivity index (χ4v) is 2.29. The van der Waals surface area contributed by atoms with Crippen molar-refractivity contribution in [2.75, 3.05) is 14.2 Å². The van der Waals surface area contributed by atoms with Crippen LogP contribution in [0.1, 0.15) is 11.1 Å². The highest BCUT2D eigenvalue weighted by molar-refractivity contribution is 5.83. The zero-order chi connectivity index (χ0) is 14.7. The molecule has 0 fully saturated rings. The van der Waals surface area contributed by atoms with E-state index in [9.17, 15) is 0 Å². The second kappa shape index (κ2) is 5.75. The van der Waals surface area contributed by atoms with Crippen LogP contribution in [0, 0.1) is 0 Å². The first-order valence-electron chi connectivity index (χ1n) is 6.77. The lowest BCUT2D eigenvalue weighted by Crippen LogP contribution is -1.88. The summed E-state index contributed by atoms with van der Waals surface area (Å²) in [4.78, 5) is 3.19. The van der Waals surface area contributed by atoms with E-state index in [0.717, 1.165) is 28.1 Å². The Labute approximate surface area is 123 Å². The van der Waals surface area contributed by atoms with Crippen LogP contribution in [0.15, 0.2) is 48.7 Å². The highest BCUT2D eigenvalue weighted by Gasteiger charge is 2.00. The molecule has 0 spiro atoms. The van der Waals surface area contributed by atoms with Crippen molar-refractivity contribution in [1.29, 1.82) is 0 Å². The molecule has 1 aromatic heterocycles. The molecular formula is C18H17NO2. The zero-order valence-corrected chi connectivity index (χ0v) is 12.1. The van der Waals surface area contributed by atoms with Gasteiger partial charge in [0.25, 0.3) is 0 Å². The molecule has 1 N–H and O–H groups in total. The van der Waals surface area contributed by atoms with Crippen LogP contribution >= 0.6 is 0 Å². The number of aromatic amines is 1. The molecule has 0 saturated heterocycles. The first-order chi connectivity index (χ1) is 10.3. The van der Waals surface area contributed by atoms with E-state index in [0.29, 0.717) is 0 Å². The van der Waals surface area contributed by atoms with Gasteiger partial charge in [-0.25, -0.2) is 0 Å². The van der Waals surface area contributed by atoms with E-state index in [1.165, 1.54) is 5.39 Å². The topological polar surface area (TPSA) is 34.2 Å². The van der Waals surface area contributed by atoms with E-state index < -0.39 is 0 Å². The highest BCUT2D eigenvalue weighted by Crippen LogP contribution is 2.24. The normalized spacial score (nSPS) is 11.1. The van der Waals surface area contributed by atoms with Gasteiger partial charge >= 0.3 is 0 Å². The number of methoxy groups -OCH3 is 2. The van der Waals surface area contributed by atoms with Gasteiger partial charge in [0.05, 0.1) is 14.2 Å². The van der Waals surface area contributed by atoms with Crippen LogP contribution in [0.4, 0.5) is 0 Å². The first-order valence-corrected chi connectivity index (χ1v) is 6.77. The molecule has 3 heteroatoms. The van der Waals surface area contributed by atoms with Gasteiger partial charge in [-0.15, -0.1) is 0 Å². The van der Waals surface area contributed by atoms with Gasteiger partial charge in [0.15, 0.2) is 0 Å². The number of nitrogens with one attached hydrogen (secondary N) is 1. The molecule has 1 heterocycles. The van der Waals surface area contributed by atoms with Gasteiger partial charge < -0.3 is 14.5 Å². The Morgan fingerprint density at radius 2 is 1.52 bits per heavy atom. The lowest BCUT2D eigenvalue weighted by molar-refractivity contribution is 0.394. The summed E-state index contributed by atoms with van der Waals surface area (Å²) < 4.78 is 10.6. The van der Waals surface area contributed by atoms with Crippen LogP contribution in [0.25, 0.3) is 23.1 Å². The molecule has 3 nitrogen and oxygen atoms in total. The van der Waals surface area contributed by atoms with Gasteiger partial charge in [-0.05, 0) is 46.8 Å². The summed E-state index contributed by atoms with van der Waals surface area (Å²) in [6.45, 7) is 0. The van der Waals surface area contributed by atoms with Crippen molar-refractivity contribution >= 4 is 23.1 Å². The summed E-state index contributed by atoms with van der Waals surface area (Å²) in [5, 5.41) is 1.21. The van der Waals surface area contributed by atoms with Crippen LogP contribution in [-0.2, 0) is 0 Å². The number of H-pyrrole nitrogens is 1. The van der Waals surface area contributed by atoms with Crippen LogP contribution in [0.5, 0.6) is 11.5 Å². The van der Waals surface area contributed by atoms with E-state index in [-0.39, 0.29) is 0 Å². The molecule has 0 aliphatic carbocycles. The smallest absolute Gasteiger partial charge is 0.123 e. The van der Waals surface area contributed by atoms with E-state index in [2.05, 4.69) is 41.4 Å². The lowest BCUT2D eigenvalue weighted by Gasteiger charge is -2.05. The zero-order valence-electron chi connectivity index (χ0n) is 12.1. The largest absolute Gasteiger partial charge is 0.497 e. The second-order valence-electron chi connectivity index (χ2n) is 4.80. The minimum Gasteiger partial charge on any atom is -0.497 e. The predicted molar refractivity (Wildman–Crippen MR) is 86.8 cm³/mol. The number of fused-ring (bicyclic) bond motifs is 1. The summed E-state index contributed by atoms with van der Waals surface area (Å²) >= 11 is 0. The van der Waals surface area contributed by atoms with Crippen molar-refractivity contribution in [3.8, 4) is 11.5 Å². The summed E-state index contributed by atoms with van der Waals surface area (Å²) in [5.74, 6) is 1.57. The molecule has 2 aromatic carbocycles. The van der Waals surface area contributed by atoms with Gasteiger partial charge in [0.1, 0.15) is 11.5 Å². The van der Waals surface area contributed by atoms with Crippen molar-refractivity contribution in [1.82, 2.24) is 4.98 Å². The van der Waals surface area contributed by atoms with Crippen molar-refractivity contribution in [3.63, 3.8) is 0 Å². The molecule has 0 atom stereocenters. The number of hydrogen-bond acceptors (Lipinski definition) is 2. The summed E-state index contributed by atoms with van der Waals surface area (Å²) in [7, 11) is 3.31. The van der Waals surface area contributed by atoms with Crippen molar-refractivity contribution in [2.24, 2.45) is 0 Å². The van der Waals surface area contributed by atoms with Crippen molar-refractivity contribution in [2.45, 2.75) is 0 Å². The summed E-state index contributed by atoms with van der Waals surface area (Å²) in [5.41, 5.74) is 3.35. The number of aromatic nitrogens is 1. The van der Waals surface area contributed by atoms with E-state index in [1.54, 1.807) is 14.2 Å². The maximum absolute atomic E-state index is 5.28. The van der Waals surface area contributed by atoms with Gasteiger partial charge in [-0.2, -0.15) is 0 Å². The van der Waals surface area contributed by atoms with Crippen LogP contribution in [0.3, 0.4) is 0 Å². The van der Waals surface area contributed by atoms with Gasteiger partial charge in [0, 0.05) is 17.8 Å². The Bertz CT molecular complexity index is 765. The Kier molecular flexibility index (Phi) is 3.65. The molecule has 106 valence electrons. The minimum absolute atomic E-state index is 0.787. The SMILES string of the molecule is COc1cc(/C=C\c2ccc3[nH]ccc3c2)cc(OC)c1. The number of ether oxygens (including phenoxy) is 2. The summed E-state index contributed by atoms with van der Waals surface area (Å²) in [6, 6.07) is 14.2. The molecule has 0 aliphatic heterocycles. The standard InChI is InChI=1S/C18H17NO2/c1-20-16-10-14(11-17(12-16)21-2)4-3-13-5-6-18-15(9-13)7-8-19-18/h3-12,19H,1-2H3/b4-3-. The third-order valence-corrected chi connectivity index (χ3v) is 3.42. The molecule has 3 aromatic rings. The molecule has 3 rings (SSSR count). The number of rotatable bonds is 4. The maximum Gasteiger partial charge on any atom is 0.123 e. The Morgan fingerprint density at radius 3 is 2.24 bits per heavy atom. The van der Waals surface area contributed by atoms with Crippen molar-refractivity contribution in [3.05, 3.63) is 59.8 Å². The van der Waals surface area contributed by atoms with Gasteiger partial charge in [-0.1, -0.05) is 18.2 Å². The second-order valence-corrected chi connectivity index (χ2v) is 4.80. The number of hydrogen-bond donors (Lipinski definition) is 1. The molecule has 0 amide bonds.